The second-order valence-corrected chi connectivity index (χ2v) is 7.33. The van der Waals surface area contributed by atoms with Crippen molar-refractivity contribution < 1.29 is 9.18 Å². The van der Waals surface area contributed by atoms with Gasteiger partial charge in [-0.25, -0.2) is 9.37 Å². The van der Waals surface area contributed by atoms with Gasteiger partial charge in [-0.1, -0.05) is 18.2 Å². The normalized spacial score (nSPS) is 17.0. The van der Waals surface area contributed by atoms with Crippen molar-refractivity contribution in [2.45, 2.75) is 32.2 Å². The minimum atomic E-state index is -0.237. The number of carbonyl (C=O) groups is 1. The number of thiazole rings is 1. The lowest BCUT2D eigenvalue weighted by Crippen LogP contribution is -2.42. The Morgan fingerprint density at radius 1 is 1.42 bits per heavy atom. The molecule has 0 spiro atoms. The number of halogens is 1. The number of nitrogens with zero attached hydrogens (tertiary/aromatic N) is 2. The van der Waals surface area contributed by atoms with Gasteiger partial charge in [-0.15, -0.1) is 11.3 Å². The Bertz CT molecular complexity index is 708. The summed E-state index contributed by atoms with van der Waals surface area (Å²) in [5, 5.41) is 2.53. The fourth-order valence-corrected chi connectivity index (χ4v) is 3.88. The molecule has 24 heavy (non-hydrogen) atoms. The third kappa shape index (κ3) is 3.82. The van der Waals surface area contributed by atoms with E-state index in [1.807, 2.05) is 11.8 Å². The smallest absolute Gasteiger partial charge is 0.273 e. The van der Waals surface area contributed by atoms with E-state index in [9.17, 15) is 9.18 Å². The number of aromatic nitrogens is 1. The Morgan fingerprint density at radius 2 is 2.12 bits per heavy atom. The molecule has 0 aliphatic carbocycles. The van der Waals surface area contributed by atoms with Gasteiger partial charge < -0.3 is 10.6 Å². The summed E-state index contributed by atoms with van der Waals surface area (Å²) in [6.45, 7) is 3.48. The average molecular weight is 347 g/mol. The summed E-state index contributed by atoms with van der Waals surface area (Å²) in [4.78, 5) is 18.8. The summed E-state index contributed by atoms with van der Waals surface area (Å²) < 4.78 is 13.7. The molecule has 1 fully saturated rings. The van der Waals surface area contributed by atoms with E-state index in [1.54, 1.807) is 23.6 Å². The van der Waals surface area contributed by atoms with Crippen LogP contribution in [0.5, 0.6) is 0 Å². The standard InChI is InChI=1S/C18H22FN3OS/c1-12(20)13-6-8-22(9-7-13)18(23)16-11-24-17(21-16)10-14-4-2-3-5-15(14)19/h2-5,11-13H,6-10,20H2,1H3. The highest BCUT2D eigenvalue weighted by Gasteiger charge is 2.26. The highest BCUT2D eigenvalue weighted by atomic mass is 32.1. The number of benzene rings is 1. The molecular weight excluding hydrogens is 325 g/mol. The summed E-state index contributed by atoms with van der Waals surface area (Å²) >= 11 is 1.41. The van der Waals surface area contributed by atoms with E-state index in [0.29, 0.717) is 23.6 Å². The van der Waals surface area contributed by atoms with Gasteiger partial charge in [0.15, 0.2) is 0 Å². The van der Waals surface area contributed by atoms with E-state index in [2.05, 4.69) is 4.98 Å². The number of likely N-dealkylation sites (tertiary alicyclic amines) is 1. The SMILES string of the molecule is CC(N)C1CCN(C(=O)c2csc(Cc3ccccc3F)n2)CC1. The molecule has 1 aliphatic heterocycles. The van der Waals surface area contributed by atoms with E-state index in [0.717, 1.165) is 30.9 Å². The molecule has 2 N–H and O–H groups in total. The van der Waals surface area contributed by atoms with Gasteiger partial charge in [0.25, 0.3) is 5.91 Å². The second kappa shape index (κ2) is 7.40. The number of nitrogens with two attached hydrogens (primary N) is 1. The van der Waals surface area contributed by atoms with Crippen LogP contribution in [0.1, 0.15) is 40.8 Å². The van der Waals surface area contributed by atoms with Gasteiger partial charge in [-0.3, -0.25) is 4.79 Å². The molecule has 0 saturated carbocycles. The number of piperidine rings is 1. The molecule has 2 heterocycles. The van der Waals surface area contributed by atoms with E-state index in [4.69, 9.17) is 5.73 Å². The molecule has 1 amide bonds. The zero-order chi connectivity index (χ0) is 17.1. The van der Waals surface area contributed by atoms with Gasteiger partial charge in [0, 0.05) is 30.9 Å². The molecule has 0 radical (unpaired) electrons. The molecule has 4 nitrogen and oxygen atoms in total. The van der Waals surface area contributed by atoms with Crippen molar-refractivity contribution in [2.75, 3.05) is 13.1 Å². The van der Waals surface area contributed by atoms with Crippen LogP contribution in [0, 0.1) is 11.7 Å². The number of hydrogen-bond donors (Lipinski definition) is 1. The van der Waals surface area contributed by atoms with Crippen molar-refractivity contribution >= 4 is 17.2 Å². The van der Waals surface area contributed by atoms with Gasteiger partial charge in [0.2, 0.25) is 0 Å². The topological polar surface area (TPSA) is 59.2 Å². The Labute approximate surface area is 145 Å². The van der Waals surface area contributed by atoms with E-state index in [1.165, 1.54) is 17.4 Å². The minimum Gasteiger partial charge on any atom is -0.337 e. The Balaban J connectivity index is 1.63. The molecular formula is C18H22FN3OS. The van der Waals surface area contributed by atoms with Crippen LogP contribution in [0.15, 0.2) is 29.6 Å². The highest BCUT2D eigenvalue weighted by Crippen LogP contribution is 2.22. The maximum Gasteiger partial charge on any atom is 0.273 e. The summed E-state index contributed by atoms with van der Waals surface area (Å²) in [7, 11) is 0. The first kappa shape index (κ1) is 17.0. The van der Waals surface area contributed by atoms with Crippen LogP contribution in [-0.4, -0.2) is 34.9 Å². The maximum absolute atomic E-state index is 13.7. The first-order valence-electron chi connectivity index (χ1n) is 8.27. The van der Waals surface area contributed by atoms with Crippen molar-refractivity contribution in [1.29, 1.82) is 0 Å². The zero-order valence-corrected chi connectivity index (χ0v) is 14.6. The summed E-state index contributed by atoms with van der Waals surface area (Å²) in [6, 6.07) is 6.84. The van der Waals surface area contributed by atoms with E-state index in [-0.39, 0.29) is 17.8 Å². The Hall–Kier alpha value is -1.79. The minimum absolute atomic E-state index is 0.0332. The fraction of sp³-hybridized carbons (Fsp3) is 0.444. The predicted octanol–water partition coefficient (Wildman–Crippen LogP) is 3.07. The van der Waals surface area contributed by atoms with Crippen LogP contribution in [0.2, 0.25) is 0 Å². The molecule has 1 atom stereocenters. The van der Waals surface area contributed by atoms with Gasteiger partial charge in [-0.2, -0.15) is 0 Å². The first-order chi connectivity index (χ1) is 11.5. The largest absolute Gasteiger partial charge is 0.337 e. The van der Waals surface area contributed by atoms with Crippen LogP contribution in [0.25, 0.3) is 0 Å². The van der Waals surface area contributed by atoms with Crippen LogP contribution in [0.4, 0.5) is 4.39 Å². The molecule has 128 valence electrons. The fourth-order valence-electron chi connectivity index (χ4n) is 3.09. The molecule has 3 rings (SSSR count). The number of carbonyl (C=O) groups excluding carboxylic acids is 1. The van der Waals surface area contributed by atoms with Gasteiger partial charge in [0.1, 0.15) is 11.5 Å². The predicted molar refractivity (Wildman–Crippen MR) is 93.6 cm³/mol. The number of hydrogen-bond acceptors (Lipinski definition) is 4. The zero-order valence-electron chi connectivity index (χ0n) is 13.7. The third-order valence-corrected chi connectivity index (χ3v) is 5.49. The molecule has 1 aromatic heterocycles. The van der Waals surface area contributed by atoms with Crippen molar-refractivity contribution in [3.8, 4) is 0 Å². The first-order valence-corrected chi connectivity index (χ1v) is 9.15. The van der Waals surface area contributed by atoms with Gasteiger partial charge in [0.05, 0.1) is 5.01 Å². The maximum atomic E-state index is 13.7. The van der Waals surface area contributed by atoms with Crippen LogP contribution in [0.3, 0.4) is 0 Å². The monoisotopic (exact) mass is 347 g/mol. The van der Waals surface area contributed by atoms with Crippen LogP contribution >= 0.6 is 11.3 Å². The molecule has 1 aliphatic rings. The van der Waals surface area contributed by atoms with Crippen molar-refractivity contribution in [1.82, 2.24) is 9.88 Å². The van der Waals surface area contributed by atoms with E-state index < -0.39 is 0 Å². The Morgan fingerprint density at radius 3 is 2.79 bits per heavy atom. The van der Waals surface area contributed by atoms with Gasteiger partial charge in [-0.05, 0) is 37.3 Å². The quantitative estimate of drug-likeness (QED) is 0.925. The summed E-state index contributed by atoms with van der Waals surface area (Å²) in [6.07, 6.45) is 2.29. The molecule has 6 heteroatoms. The average Bonchev–Trinajstić information content (AvgIpc) is 3.05. The van der Waals surface area contributed by atoms with Crippen LogP contribution in [-0.2, 0) is 6.42 Å². The van der Waals surface area contributed by atoms with Crippen LogP contribution < -0.4 is 5.73 Å². The van der Waals surface area contributed by atoms with Crippen molar-refractivity contribution in [3.05, 3.63) is 51.7 Å². The van der Waals surface area contributed by atoms with E-state index >= 15 is 0 Å². The molecule has 2 aromatic rings. The van der Waals surface area contributed by atoms with Crippen molar-refractivity contribution in [2.24, 2.45) is 11.7 Å². The second-order valence-electron chi connectivity index (χ2n) is 6.38. The number of amides is 1. The lowest BCUT2D eigenvalue weighted by Gasteiger charge is -2.33. The Kier molecular flexibility index (Phi) is 5.26. The summed E-state index contributed by atoms with van der Waals surface area (Å²) in [5.41, 5.74) is 7.01. The highest BCUT2D eigenvalue weighted by molar-refractivity contribution is 7.09. The molecule has 0 bridgehead atoms. The lowest BCUT2D eigenvalue weighted by atomic mass is 9.91. The lowest BCUT2D eigenvalue weighted by molar-refractivity contribution is 0.0675. The van der Waals surface area contributed by atoms with Gasteiger partial charge >= 0.3 is 0 Å². The molecule has 1 unspecified atom stereocenters. The number of rotatable bonds is 4. The summed E-state index contributed by atoms with van der Waals surface area (Å²) in [5.74, 6) is 0.216. The molecule has 1 aromatic carbocycles. The van der Waals surface area contributed by atoms with Crippen molar-refractivity contribution in [3.63, 3.8) is 0 Å². The molecule has 1 saturated heterocycles. The third-order valence-electron chi connectivity index (χ3n) is 4.64.